The van der Waals surface area contributed by atoms with Crippen molar-refractivity contribution in [3.8, 4) is 5.75 Å². The van der Waals surface area contributed by atoms with Gasteiger partial charge >= 0.3 is 0 Å². The summed E-state index contributed by atoms with van der Waals surface area (Å²) in [5.41, 5.74) is 1.60. The van der Waals surface area contributed by atoms with E-state index >= 15 is 0 Å². The standard InChI is InChI=1S/C18H26N2O/c1-15(2)21-17-12-16(13-19-14-17)6-3-7-18-8-4-10-20(18)11-5-9-18/h3,6,12-15H,4-5,7-11H2,1-2H3. The van der Waals surface area contributed by atoms with E-state index in [9.17, 15) is 0 Å². The minimum atomic E-state index is 0.190. The van der Waals surface area contributed by atoms with Crippen molar-refractivity contribution in [3.63, 3.8) is 0 Å². The summed E-state index contributed by atoms with van der Waals surface area (Å²) in [5, 5.41) is 0. The second kappa shape index (κ2) is 6.18. The van der Waals surface area contributed by atoms with Gasteiger partial charge in [-0.15, -0.1) is 0 Å². The topological polar surface area (TPSA) is 25.4 Å². The lowest BCUT2D eigenvalue weighted by atomic mass is 9.90. The molecule has 3 heteroatoms. The third-order valence-electron chi connectivity index (χ3n) is 4.73. The minimum absolute atomic E-state index is 0.190. The highest BCUT2D eigenvalue weighted by molar-refractivity contribution is 5.50. The second-order valence-corrected chi connectivity index (χ2v) is 6.65. The molecule has 0 unspecified atom stereocenters. The molecule has 0 saturated carbocycles. The molecule has 2 aliphatic heterocycles. The van der Waals surface area contributed by atoms with Gasteiger partial charge in [0.2, 0.25) is 0 Å². The molecule has 0 aliphatic carbocycles. The summed E-state index contributed by atoms with van der Waals surface area (Å²) in [6, 6.07) is 2.07. The smallest absolute Gasteiger partial charge is 0.138 e. The Bertz CT molecular complexity index is 500. The molecule has 0 amide bonds. The fourth-order valence-corrected chi connectivity index (χ4v) is 3.84. The molecule has 3 heterocycles. The number of aromatic nitrogens is 1. The Labute approximate surface area is 128 Å². The van der Waals surface area contributed by atoms with Gasteiger partial charge in [0.25, 0.3) is 0 Å². The number of rotatable bonds is 5. The number of nitrogens with zero attached hydrogens (tertiary/aromatic N) is 2. The second-order valence-electron chi connectivity index (χ2n) is 6.65. The van der Waals surface area contributed by atoms with E-state index in [1.807, 2.05) is 20.0 Å². The van der Waals surface area contributed by atoms with Gasteiger partial charge in [-0.1, -0.05) is 12.2 Å². The molecule has 2 saturated heterocycles. The molecule has 2 aliphatic rings. The Morgan fingerprint density at radius 2 is 2.05 bits per heavy atom. The van der Waals surface area contributed by atoms with E-state index < -0.39 is 0 Å². The lowest BCUT2D eigenvalue weighted by Gasteiger charge is -2.30. The van der Waals surface area contributed by atoms with Gasteiger partial charge in [-0.05, 0) is 70.7 Å². The van der Waals surface area contributed by atoms with Gasteiger partial charge in [0.1, 0.15) is 5.75 Å². The van der Waals surface area contributed by atoms with Crippen LogP contribution in [0.5, 0.6) is 5.75 Å². The molecule has 0 spiro atoms. The number of hydrogen-bond donors (Lipinski definition) is 0. The van der Waals surface area contributed by atoms with Crippen molar-refractivity contribution >= 4 is 6.08 Å². The summed E-state index contributed by atoms with van der Waals surface area (Å²) >= 11 is 0. The fraction of sp³-hybridized carbons (Fsp3) is 0.611. The van der Waals surface area contributed by atoms with Gasteiger partial charge in [-0.2, -0.15) is 0 Å². The van der Waals surface area contributed by atoms with E-state index in [2.05, 4.69) is 28.1 Å². The van der Waals surface area contributed by atoms with Crippen LogP contribution in [0.3, 0.4) is 0 Å². The molecular formula is C18H26N2O. The highest BCUT2D eigenvalue weighted by Gasteiger charge is 2.42. The molecule has 0 bridgehead atoms. The van der Waals surface area contributed by atoms with Crippen LogP contribution in [0.4, 0.5) is 0 Å². The van der Waals surface area contributed by atoms with Crippen molar-refractivity contribution in [2.75, 3.05) is 13.1 Å². The Kier molecular flexibility index (Phi) is 4.29. The summed E-state index contributed by atoms with van der Waals surface area (Å²) in [6.07, 6.45) is 15.0. The van der Waals surface area contributed by atoms with Crippen molar-refractivity contribution in [3.05, 3.63) is 30.1 Å². The molecule has 0 aromatic carbocycles. The van der Waals surface area contributed by atoms with Crippen LogP contribution in [-0.4, -0.2) is 34.6 Å². The molecule has 1 aromatic rings. The molecule has 2 fully saturated rings. The zero-order valence-corrected chi connectivity index (χ0v) is 13.2. The normalized spacial score (nSPS) is 21.3. The predicted octanol–water partition coefficient (Wildman–Crippen LogP) is 3.90. The maximum atomic E-state index is 5.70. The summed E-state index contributed by atoms with van der Waals surface area (Å²) < 4.78 is 5.70. The van der Waals surface area contributed by atoms with Gasteiger partial charge in [-0.25, -0.2) is 0 Å². The third-order valence-corrected chi connectivity index (χ3v) is 4.73. The average molecular weight is 286 g/mol. The average Bonchev–Trinajstić information content (AvgIpc) is 2.97. The maximum absolute atomic E-state index is 5.70. The van der Waals surface area contributed by atoms with Crippen LogP contribution >= 0.6 is 0 Å². The number of pyridine rings is 1. The van der Waals surface area contributed by atoms with Crippen LogP contribution in [-0.2, 0) is 0 Å². The monoisotopic (exact) mass is 286 g/mol. The number of ether oxygens (including phenoxy) is 1. The summed E-state index contributed by atoms with van der Waals surface area (Å²) in [5.74, 6) is 0.855. The van der Waals surface area contributed by atoms with Gasteiger partial charge in [0.05, 0.1) is 12.3 Å². The van der Waals surface area contributed by atoms with Crippen LogP contribution in [0.25, 0.3) is 6.08 Å². The van der Waals surface area contributed by atoms with Crippen LogP contribution in [0.2, 0.25) is 0 Å². The predicted molar refractivity (Wildman–Crippen MR) is 86.4 cm³/mol. The first-order valence-electron chi connectivity index (χ1n) is 8.21. The zero-order chi connectivity index (χ0) is 14.7. The van der Waals surface area contributed by atoms with E-state index in [-0.39, 0.29) is 6.10 Å². The molecule has 0 atom stereocenters. The van der Waals surface area contributed by atoms with Gasteiger partial charge in [0, 0.05) is 11.7 Å². The molecule has 3 nitrogen and oxygen atoms in total. The SMILES string of the molecule is CC(C)Oc1cncc(C=CCC23CCCN2CCC3)c1. The molecule has 0 radical (unpaired) electrons. The Balaban J connectivity index is 1.63. The molecule has 0 N–H and O–H groups in total. The molecule has 114 valence electrons. The quantitative estimate of drug-likeness (QED) is 0.821. The minimum Gasteiger partial charge on any atom is -0.489 e. The Morgan fingerprint density at radius 1 is 1.29 bits per heavy atom. The zero-order valence-electron chi connectivity index (χ0n) is 13.2. The molecule has 3 rings (SSSR count). The van der Waals surface area contributed by atoms with E-state index in [1.165, 1.54) is 45.2 Å². The van der Waals surface area contributed by atoms with Crippen LogP contribution in [0.1, 0.15) is 51.5 Å². The van der Waals surface area contributed by atoms with Gasteiger partial charge in [0.15, 0.2) is 0 Å². The first-order chi connectivity index (χ1) is 10.2. The van der Waals surface area contributed by atoms with E-state index in [0.717, 1.165) is 11.3 Å². The van der Waals surface area contributed by atoms with Crippen molar-refractivity contribution in [1.82, 2.24) is 9.88 Å². The summed E-state index contributed by atoms with van der Waals surface area (Å²) in [7, 11) is 0. The maximum Gasteiger partial charge on any atom is 0.138 e. The third kappa shape index (κ3) is 3.29. The van der Waals surface area contributed by atoms with Crippen molar-refractivity contribution in [2.24, 2.45) is 0 Å². The van der Waals surface area contributed by atoms with E-state index in [4.69, 9.17) is 4.74 Å². The largest absolute Gasteiger partial charge is 0.489 e. The van der Waals surface area contributed by atoms with Crippen molar-refractivity contribution < 1.29 is 4.74 Å². The lowest BCUT2D eigenvalue weighted by molar-refractivity contribution is 0.198. The highest BCUT2D eigenvalue weighted by atomic mass is 16.5. The van der Waals surface area contributed by atoms with Gasteiger partial charge < -0.3 is 4.74 Å². The molecule has 1 aromatic heterocycles. The van der Waals surface area contributed by atoms with Crippen LogP contribution in [0, 0.1) is 0 Å². The van der Waals surface area contributed by atoms with Crippen LogP contribution in [0.15, 0.2) is 24.5 Å². The van der Waals surface area contributed by atoms with Crippen molar-refractivity contribution in [1.29, 1.82) is 0 Å². The van der Waals surface area contributed by atoms with Crippen molar-refractivity contribution in [2.45, 2.75) is 57.6 Å². The lowest BCUT2D eigenvalue weighted by Crippen LogP contribution is -2.37. The first-order valence-corrected chi connectivity index (χ1v) is 8.21. The highest BCUT2D eigenvalue weighted by Crippen LogP contribution is 2.41. The summed E-state index contributed by atoms with van der Waals surface area (Å²) in [4.78, 5) is 6.97. The molecular weight excluding hydrogens is 260 g/mol. The number of hydrogen-bond acceptors (Lipinski definition) is 3. The Hall–Kier alpha value is -1.35. The Morgan fingerprint density at radius 3 is 2.76 bits per heavy atom. The van der Waals surface area contributed by atoms with Gasteiger partial charge in [-0.3, -0.25) is 9.88 Å². The number of fused-ring (bicyclic) bond motifs is 1. The molecule has 21 heavy (non-hydrogen) atoms. The van der Waals surface area contributed by atoms with E-state index in [1.54, 1.807) is 6.20 Å². The van der Waals surface area contributed by atoms with E-state index in [0.29, 0.717) is 5.54 Å². The summed E-state index contributed by atoms with van der Waals surface area (Å²) in [6.45, 7) is 6.67. The first kappa shape index (κ1) is 14.6. The van der Waals surface area contributed by atoms with Crippen LogP contribution < -0.4 is 4.74 Å². The fourth-order valence-electron chi connectivity index (χ4n) is 3.84.